The molecule has 0 aliphatic heterocycles. The van der Waals surface area contributed by atoms with Crippen LogP contribution in [0.15, 0.2) is 54.6 Å². The zero-order chi connectivity index (χ0) is 35.6. The lowest BCUT2D eigenvalue weighted by Gasteiger charge is -2.15. The van der Waals surface area contributed by atoms with E-state index in [1.54, 1.807) is 28.0 Å². The van der Waals surface area contributed by atoms with E-state index < -0.39 is 40.8 Å². The fourth-order valence-electron chi connectivity index (χ4n) is 2.80. The maximum Gasteiger partial charge on any atom is 0.335 e. The average molecular weight is 694 g/mol. The maximum atomic E-state index is 13.4. The molecule has 262 valence electrons. The molecule has 0 unspecified atom stereocenters. The van der Waals surface area contributed by atoms with Gasteiger partial charge in [0.05, 0.1) is 33.0 Å². The van der Waals surface area contributed by atoms with Gasteiger partial charge in [-0.1, -0.05) is 0 Å². The first-order valence-corrected chi connectivity index (χ1v) is 13.0. The van der Waals surface area contributed by atoms with Crippen molar-refractivity contribution in [2.24, 2.45) is 0 Å². The van der Waals surface area contributed by atoms with Crippen molar-refractivity contribution in [1.29, 1.82) is 0 Å². The molecular formula is C30H39ClF3N3O10. The molecule has 0 heterocycles. The van der Waals surface area contributed by atoms with E-state index in [1.807, 2.05) is 0 Å². The normalized spacial score (nSPS) is 9.62. The Kier molecular flexibility index (Phi) is 21.6. The van der Waals surface area contributed by atoms with Gasteiger partial charge in [-0.25, -0.2) is 33.6 Å². The lowest BCUT2D eigenvalue weighted by atomic mass is 10.2. The zero-order valence-electron chi connectivity index (χ0n) is 26.9. The Bertz CT molecular complexity index is 1430. The Morgan fingerprint density at radius 1 is 0.723 bits per heavy atom. The van der Waals surface area contributed by atoms with Crippen LogP contribution in [0.3, 0.4) is 0 Å². The van der Waals surface area contributed by atoms with E-state index in [0.717, 1.165) is 40.5 Å². The van der Waals surface area contributed by atoms with E-state index in [1.165, 1.54) is 52.6 Å². The van der Waals surface area contributed by atoms with Gasteiger partial charge in [-0.2, -0.15) is 0 Å². The number of carbonyl (C=O) groups is 3. The summed E-state index contributed by atoms with van der Waals surface area (Å²) in [6.45, 7) is 3.57. The molecule has 3 aromatic rings. The van der Waals surface area contributed by atoms with Crippen LogP contribution in [0.5, 0.6) is 17.2 Å². The number of carboxylic acids is 1. The molecule has 17 heteroatoms. The number of phenols is 2. The average Bonchev–Trinajstić information content (AvgIpc) is 3.03. The molecule has 0 saturated carbocycles. The van der Waals surface area contributed by atoms with Gasteiger partial charge in [0, 0.05) is 32.3 Å². The fraction of sp³-hybridized carbons (Fsp3) is 0.300. The number of rotatable bonds is 8. The van der Waals surface area contributed by atoms with Gasteiger partial charge in [0.2, 0.25) is 0 Å². The number of nitrogens with one attached hydrogen (secondary N) is 1. The third kappa shape index (κ3) is 16.0. The monoisotopic (exact) mass is 693 g/mol. The van der Waals surface area contributed by atoms with Gasteiger partial charge < -0.3 is 24.9 Å². The van der Waals surface area contributed by atoms with Crippen LogP contribution < -0.4 is 10.2 Å². The Balaban J connectivity index is 0. The number of hydrogen-bond donors (Lipinski definition) is 4. The summed E-state index contributed by atoms with van der Waals surface area (Å²) in [5.41, 5.74) is 2.77. The van der Waals surface area contributed by atoms with E-state index in [4.69, 9.17) is 24.9 Å². The standard InChI is InChI=1S/C12H16FNO3.C9H10FNO3.C7H5FO3.C2H7NO.ClH/c1-8(2)17-11-7-9(5-6-10(11)13)12(15)14(3)16-4;1-11(14-2)9(13)6-3-4-7(10)8(12)5-6;8-5-2-1-4(7(10)11)3-6(5)9;1-3-4-2;/h5-8H,1-4H3;3-5,12H,1-2H3;1-3,9H,(H,10,11);3H,1-2H3;1H. The van der Waals surface area contributed by atoms with E-state index >= 15 is 0 Å². The lowest BCUT2D eigenvalue weighted by Crippen LogP contribution is -2.25. The van der Waals surface area contributed by atoms with Gasteiger partial charge >= 0.3 is 5.97 Å². The summed E-state index contributed by atoms with van der Waals surface area (Å²) in [7, 11) is 8.89. The summed E-state index contributed by atoms with van der Waals surface area (Å²) in [6.07, 6.45) is -0.157. The number of hydroxylamine groups is 5. The molecule has 0 aliphatic rings. The first kappa shape index (κ1) is 44.5. The number of benzene rings is 3. The molecule has 3 rings (SSSR count). The molecule has 0 bridgehead atoms. The molecule has 2 amide bonds. The Morgan fingerprint density at radius 3 is 1.43 bits per heavy atom. The first-order chi connectivity index (χ1) is 21.5. The van der Waals surface area contributed by atoms with Crippen LogP contribution in [-0.4, -0.2) is 91.8 Å². The highest BCUT2D eigenvalue weighted by Crippen LogP contribution is 2.21. The van der Waals surface area contributed by atoms with E-state index in [-0.39, 0.29) is 41.3 Å². The molecule has 0 radical (unpaired) electrons. The molecule has 0 fully saturated rings. The highest BCUT2D eigenvalue weighted by atomic mass is 35.5. The van der Waals surface area contributed by atoms with Crippen molar-refractivity contribution in [3.05, 3.63) is 88.7 Å². The van der Waals surface area contributed by atoms with E-state index in [9.17, 15) is 27.6 Å². The second kappa shape index (κ2) is 22.8. The molecule has 0 aromatic heterocycles. The summed E-state index contributed by atoms with van der Waals surface area (Å²) in [6, 6.07) is 10.1. The van der Waals surface area contributed by atoms with Crippen molar-refractivity contribution < 1.29 is 62.1 Å². The fourth-order valence-corrected chi connectivity index (χ4v) is 2.80. The minimum Gasteiger partial charge on any atom is -0.505 e. The number of aromatic hydroxyl groups is 2. The van der Waals surface area contributed by atoms with Crippen LogP contribution in [0.4, 0.5) is 13.2 Å². The summed E-state index contributed by atoms with van der Waals surface area (Å²) in [5, 5.41) is 28.1. The third-order valence-corrected chi connectivity index (χ3v) is 5.25. The van der Waals surface area contributed by atoms with Crippen molar-refractivity contribution in [3.8, 4) is 17.2 Å². The molecule has 0 spiro atoms. The minimum atomic E-state index is -1.19. The molecular weight excluding hydrogens is 655 g/mol. The molecule has 47 heavy (non-hydrogen) atoms. The van der Waals surface area contributed by atoms with Gasteiger partial charge in [0.15, 0.2) is 34.7 Å². The third-order valence-electron chi connectivity index (χ3n) is 5.25. The van der Waals surface area contributed by atoms with Crippen molar-refractivity contribution in [2.75, 3.05) is 42.5 Å². The molecule has 0 atom stereocenters. The quantitative estimate of drug-likeness (QED) is 0.239. The van der Waals surface area contributed by atoms with Crippen LogP contribution in [0, 0.1) is 17.5 Å². The van der Waals surface area contributed by atoms with Gasteiger partial charge in [-0.15, -0.1) is 12.4 Å². The smallest absolute Gasteiger partial charge is 0.335 e. The zero-order valence-corrected chi connectivity index (χ0v) is 27.7. The molecule has 4 N–H and O–H groups in total. The number of carbonyl (C=O) groups excluding carboxylic acids is 2. The number of nitrogens with zero attached hydrogens (tertiary/aromatic N) is 2. The molecule has 0 saturated heterocycles. The Labute approximate surface area is 276 Å². The number of hydrogen-bond acceptors (Lipinski definition) is 10. The summed E-state index contributed by atoms with van der Waals surface area (Å²) in [4.78, 5) is 47.1. The molecule has 3 aromatic carbocycles. The number of amides is 2. The van der Waals surface area contributed by atoms with Gasteiger partial charge in [-0.05, 0) is 68.4 Å². The van der Waals surface area contributed by atoms with Crippen LogP contribution in [-0.2, 0) is 14.5 Å². The number of carboxylic acid groups (broad SMARTS) is 1. The molecule has 13 nitrogen and oxygen atoms in total. The summed E-state index contributed by atoms with van der Waals surface area (Å²) >= 11 is 0. The summed E-state index contributed by atoms with van der Waals surface area (Å²) < 4.78 is 43.6. The largest absolute Gasteiger partial charge is 0.505 e. The van der Waals surface area contributed by atoms with Crippen LogP contribution >= 0.6 is 12.4 Å². The predicted octanol–water partition coefficient (Wildman–Crippen LogP) is 4.83. The SMILES string of the molecule is CNOC.CON(C)C(=O)c1ccc(F)c(O)c1.CON(C)C(=O)c1ccc(F)c(OC(C)C)c1.Cl.O=C(O)c1ccc(F)c(O)c1. The van der Waals surface area contributed by atoms with Gasteiger partial charge in [-0.3, -0.25) is 19.3 Å². The second-order valence-electron chi connectivity index (χ2n) is 8.83. The maximum absolute atomic E-state index is 13.4. The number of halogens is 4. The Morgan fingerprint density at radius 2 is 1.09 bits per heavy atom. The minimum absolute atomic E-state index is 0. The lowest BCUT2D eigenvalue weighted by molar-refractivity contribution is -0.0757. The van der Waals surface area contributed by atoms with Crippen molar-refractivity contribution in [1.82, 2.24) is 15.6 Å². The van der Waals surface area contributed by atoms with E-state index in [2.05, 4.69) is 15.2 Å². The van der Waals surface area contributed by atoms with Crippen LogP contribution in [0.2, 0.25) is 0 Å². The first-order valence-electron chi connectivity index (χ1n) is 13.0. The van der Waals surface area contributed by atoms with Crippen molar-refractivity contribution in [3.63, 3.8) is 0 Å². The van der Waals surface area contributed by atoms with E-state index in [0.29, 0.717) is 5.56 Å². The Hall–Kier alpha value is -4.61. The predicted molar refractivity (Wildman–Crippen MR) is 167 cm³/mol. The van der Waals surface area contributed by atoms with Gasteiger partial charge in [0.25, 0.3) is 11.8 Å². The second-order valence-corrected chi connectivity index (χ2v) is 8.83. The number of ether oxygens (including phenoxy) is 1. The van der Waals surface area contributed by atoms with Crippen molar-refractivity contribution in [2.45, 2.75) is 20.0 Å². The number of aromatic carboxylic acids is 1. The highest BCUT2D eigenvalue weighted by molar-refractivity contribution is 5.94. The van der Waals surface area contributed by atoms with Crippen LogP contribution in [0.1, 0.15) is 44.9 Å². The van der Waals surface area contributed by atoms with Gasteiger partial charge in [0.1, 0.15) is 0 Å². The highest BCUT2D eigenvalue weighted by Gasteiger charge is 2.15. The summed E-state index contributed by atoms with van der Waals surface area (Å²) in [5.74, 6) is -5.23. The van der Waals surface area contributed by atoms with Crippen molar-refractivity contribution >= 4 is 30.2 Å². The molecule has 0 aliphatic carbocycles. The van der Waals surface area contributed by atoms with Crippen LogP contribution in [0.25, 0.3) is 0 Å². The topological polar surface area (TPSA) is 167 Å². The number of phenolic OH excluding ortho intramolecular Hbond substituents is 2.